The average Bonchev–Trinajstić information content (AvgIpc) is 3.26. The molecule has 118 valence electrons. The van der Waals surface area contributed by atoms with E-state index in [1.165, 1.54) is 25.0 Å². The van der Waals surface area contributed by atoms with Gasteiger partial charge in [-0.2, -0.15) is 0 Å². The molecule has 1 aliphatic carbocycles. The number of nitrogens with zero attached hydrogens (tertiary/aromatic N) is 2. The molecule has 0 aromatic heterocycles. The maximum absolute atomic E-state index is 13.1. The van der Waals surface area contributed by atoms with Gasteiger partial charge in [0.15, 0.2) is 0 Å². The molecular weight excluding hydrogens is 283 g/mol. The maximum atomic E-state index is 13.1. The number of hydrogen-bond acceptors (Lipinski definition) is 2. The summed E-state index contributed by atoms with van der Waals surface area (Å²) < 4.78 is 13.1. The van der Waals surface area contributed by atoms with Crippen molar-refractivity contribution in [2.45, 2.75) is 25.3 Å². The van der Waals surface area contributed by atoms with Crippen molar-refractivity contribution in [2.24, 2.45) is 11.8 Å². The Kier molecular flexibility index (Phi) is 3.89. The van der Waals surface area contributed by atoms with Crippen LogP contribution in [0.4, 0.5) is 4.39 Å². The lowest BCUT2D eigenvalue weighted by Crippen LogP contribution is -2.37. The Balaban J connectivity index is 1.82. The van der Waals surface area contributed by atoms with Crippen molar-refractivity contribution in [3.05, 3.63) is 35.6 Å². The van der Waals surface area contributed by atoms with Crippen molar-refractivity contribution in [2.75, 3.05) is 20.6 Å². The normalized spacial score (nSPS) is 24.7. The van der Waals surface area contributed by atoms with E-state index in [9.17, 15) is 14.0 Å². The predicted molar refractivity (Wildman–Crippen MR) is 80.4 cm³/mol. The molecule has 3 rings (SSSR count). The highest BCUT2D eigenvalue weighted by Gasteiger charge is 2.44. The van der Waals surface area contributed by atoms with Crippen LogP contribution in [0.5, 0.6) is 0 Å². The van der Waals surface area contributed by atoms with Gasteiger partial charge in [-0.15, -0.1) is 0 Å². The van der Waals surface area contributed by atoms with Gasteiger partial charge in [0.05, 0.1) is 12.0 Å². The molecule has 5 heteroatoms. The molecule has 0 N–H and O–H groups in total. The van der Waals surface area contributed by atoms with E-state index in [4.69, 9.17) is 0 Å². The van der Waals surface area contributed by atoms with Crippen LogP contribution in [-0.2, 0) is 9.59 Å². The molecule has 1 aliphatic heterocycles. The van der Waals surface area contributed by atoms with E-state index in [0.29, 0.717) is 5.92 Å². The minimum absolute atomic E-state index is 0.0129. The molecule has 2 fully saturated rings. The van der Waals surface area contributed by atoms with E-state index in [-0.39, 0.29) is 36.0 Å². The molecule has 1 aromatic carbocycles. The standard InChI is InChI=1S/C17H21FN2O2/c1-19(10-11-3-4-11)17(22)14-9-15(21)20(2)16(14)12-5-7-13(18)8-6-12/h5-8,11,14,16H,3-4,9-10H2,1-2H3/t14-,16-/m1/s1. The summed E-state index contributed by atoms with van der Waals surface area (Å²) in [5.41, 5.74) is 0.813. The minimum atomic E-state index is -0.383. The van der Waals surface area contributed by atoms with Gasteiger partial charge in [-0.25, -0.2) is 4.39 Å². The molecule has 0 spiro atoms. The molecule has 2 atom stereocenters. The fourth-order valence-corrected chi connectivity index (χ4v) is 3.27. The number of hydrogen-bond donors (Lipinski definition) is 0. The van der Waals surface area contributed by atoms with Gasteiger partial charge in [-0.05, 0) is 36.5 Å². The van der Waals surface area contributed by atoms with E-state index in [1.54, 1.807) is 29.0 Å². The first-order chi connectivity index (χ1) is 10.5. The number of benzene rings is 1. The monoisotopic (exact) mass is 304 g/mol. The first-order valence-electron chi connectivity index (χ1n) is 7.73. The molecule has 0 unspecified atom stereocenters. The van der Waals surface area contributed by atoms with Crippen LogP contribution in [0, 0.1) is 17.7 Å². The van der Waals surface area contributed by atoms with Gasteiger partial charge in [0, 0.05) is 27.1 Å². The third-order valence-electron chi connectivity index (χ3n) is 4.72. The van der Waals surface area contributed by atoms with E-state index in [1.807, 2.05) is 7.05 Å². The molecule has 1 saturated heterocycles. The first-order valence-corrected chi connectivity index (χ1v) is 7.73. The van der Waals surface area contributed by atoms with Gasteiger partial charge in [-0.1, -0.05) is 12.1 Å². The molecule has 0 bridgehead atoms. The van der Waals surface area contributed by atoms with Gasteiger partial charge >= 0.3 is 0 Å². The summed E-state index contributed by atoms with van der Waals surface area (Å²) in [6, 6.07) is 5.78. The summed E-state index contributed by atoms with van der Waals surface area (Å²) in [6.07, 6.45) is 2.59. The predicted octanol–water partition coefficient (Wildman–Crippen LogP) is 2.21. The van der Waals surface area contributed by atoms with Gasteiger partial charge in [0.2, 0.25) is 11.8 Å². The highest BCUT2D eigenvalue weighted by molar-refractivity contribution is 5.90. The Morgan fingerprint density at radius 1 is 1.32 bits per heavy atom. The average molecular weight is 304 g/mol. The zero-order valence-electron chi connectivity index (χ0n) is 13.0. The van der Waals surface area contributed by atoms with Crippen LogP contribution in [-0.4, -0.2) is 42.3 Å². The molecule has 0 radical (unpaired) electrons. The minimum Gasteiger partial charge on any atom is -0.345 e. The Hall–Kier alpha value is -1.91. The molecular formula is C17H21FN2O2. The van der Waals surface area contributed by atoms with E-state index in [2.05, 4.69) is 0 Å². The van der Waals surface area contributed by atoms with Crippen LogP contribution < -0.4 is 0 Å². The van der Waals surface area contributed by atoms with Crippen molar-refractivity contribution in [1.82, 2.24) is 9.80 Å². The van der Waals surface area contributed by atoms with Crippen LogP contribution in [0.15, 0.2) is 24.3 Å². The molecule has 1 heterocycles. The molecule has 1 saturated carbocycles. The van der Waals surface area contributed by atoms with E-state index < -0.39 is 0 Å². The fraction of sp³-hybridized carbons (Fsp3) is 0.529. The number of halogens is 1. The van der Waals surface area contributed by atoms with Crippen molar-refractivity contribution < 1.29 is 14.0 Å². The van der Waals surface area contributed by atoms with E-state index in [0.717, 1.165) is 12.1 Å². The van der Waals surface area contributed by atoms with Crippen LogP contribution in [0.25, 0.3) is 0 Å². The smallest absolute Gasteiger partial charge is 0.228 e. The molecule has 2 amide bonds. The van der Waals surface area contributed by atoms with Crippen molar-refractivity contribution in [3.63, 3.8) is 0 Å². The molecule has 2 aliphatic rings. The van der Waals surface area contributed by atoms with Crippen molar-refractivity contribution in [1.29, 1.82) is 0 Å². The second-order valence-corrected chi connectivity index (χ2v) is 6.47. The zero-order chi connectivity index (χ0) is 15.9. The SMILES string of the molecule is CN(CC1CC1)C(=O)[C@@H]1CC(=O)N(C)[C@@H]1c1ccc(F)cc1. The Morgan fingerprint density at radius 3 is 2.55 bits per heavy atom. The lowest BCUT2D eigenvalue weighted by atomic mass is 9.92. The van der Waals surface area contributed by atoms with Crippen molar-refractivity contribution in [3.8, 4) is 0 Å². The summed E-state index contributed by atoms with van der Waals surface area (Å²) in [6.45, 7) is 0.767. The first kappa shape index (κ1) is 15.0. The number of amides is 2. The fourth-order valence-electron chi connectivity index (χ4n) is 3.27. The lowest BCUT2D eigenvalue weighted by molar-refractivity contribution is -0.135. The van der Waals surface area contributed by atoms with Crippen LogP contribution in [0.2, 0.25) is 0 Å². The quantitative estimate of drug-likeness (QED) is 0.856. The van der Waals surface area contributed by atoms with Crippen molar-refractivity contribution >= 4 is 11.8 Å². The Morgan fingerprint density at radius 2 is 1.95 bits per heavy atom. The Bertz CT molecular complexity index is 583. The van der Waals surface area contributed by atoms with Gasteiger partial charge in [0.1, 0.15) is 5.82 Å². The highest BCUT2D eigenvalue weighted by atomic mass is 19.1. The number of carbonyl (C=O) groups excluding carboxylic acids is 2. The van der Waals surface area contributed by atoms with Crippen LogP contribution >= 0.6 is 0 Å². The van der Waals surface area contributed by atoms with Crippen LogP contribution in [0.1, 0.15) is 30.9 Å². The maximum Gasteiger partial charge on any atom is 0.228 e. The summed E-state index contributed by atoms with van der Waals surface area (Å²) >= 11 is 0. The molecule has 22 heavy (non-hydrogen) atoms. The van der Waals surface area contributed by atoms with Crippen LogP contribution in [0.3, 0.4) is 0 Å². The Labute approximate surface area is 129 Å². The summed E-state index contributed by atoms with van der Waals surface area (Å²) in [5.74, 6) is -0.101. The molecule has 4 nitrogen and oxygen atoms in total. The topological polar surface area (TPSA) is 40.6 Å². The van der Waals surface area contributed by atoms with Gasteiger partial charge in [-0.3, -0.25) is 9.59 Å². The summed E-state index contributed by atoms with van der Waals surface area (Å²) in [4.78, 5) is 28.2. The molecule has 1 aromatic rings. The second kappa shape index (κ2) is 5.71. The second-order valence-electron chi connectivity index (χ2n) is 6.47. The third-order valence-corrected chi connectivity index (χ3v) is 4.72. The largest absolute Gasteiger partial charge is 0.345 e. The number of rotatable bonds is 4. The highest BCUT2D eigenvalue weighted by Crippen LogP contribution is 2.38. The number of likely N-dealkylation sites (tertiary alicyclic amines) is 1. The van der Waals surface area contributed by atoms with E-state index >= 15 is 0 Å². The van der Waals surface area contributed by atoms with Gasteiger partial charge in [0.25, 0.3) is 0 Å². The zero-order valence-corrected chi connectivity index (χ0v) is 13.0. The summed E-state index contributed by atoms with van der Waals surface area (Å²) in [5, 5.41) is 0. The van der Waals surface area contributed by atoms with Gasteiger partial charge < -0.3 is 9.80 Å². The lowest BCUT2D eigenvalue weighted by Gasteiger charge is -2.28. The number of carbonyl (C=O) groups is 2. The third kappa shape index (κ3) is 2.85. The summed E-state index contributed by atoms with van der Waals surface area (Å²) in [7, 11) is 3.52.